The predicted octanol–water partition coefficient (Wildman–Crippen LogP) is 4.12. The molecule has 0 rings (SSSR count). The highest BCUT2D eigenvalue weighted by molar-refractivity contribution is 5.79. The van der Waals surface area contributed by atoms with Gasteiger partial charge in [-0.15, -0.1) is 0 Å². The Morgan fingerprint density at radius 3 is 2.46 bits per heavy atom. The lowest BCUT2D eigenvalue weighted by atomic mass is 10.2. The van der Waals surface area contributed by atoms with Gasteiger partial charge in [0.05, 0.1) is 0 Å². The maximum atomic E-state index is 4.37. The fourth-order valence-corrected chi connectivity index (χ4v) is 0.961. The smallest absolute Gasteiger partial charge is 0.0332 e. The van der Waals surface area contributed by atoms with Crippen molar-refractivity contribution in [1.29, 1.82) is 0 Å². The highest BCUT2D eigenvalue weighted by Gasteiger charge is 1.86. The van der Waals surface area contributed by atoms with Crippen LogP contribution in [0.25, 0.3) is 0 Å². The first-order valence-electron chi connectivity index (χ1n) is 5.10. The molecule has 0 amide bonds. The second-order valence-corrected chi connectivity index (χ2v) is 3.11. The Hall–Kier alpha value is -0.850. The molecule has 13 heavy (non-hydrogen) atoms. The van der Waals surface area contributed by atoms with Crippen molar-refractivity contribution < 1.29 is 0 Å². The molecule has 0 fully saturated rings. The van der Waals surface area contributed by atoms with Crippen LogP contribution in [-0.2, 0) is 0 Å². The van der Waals surface area contributed by atoms with E-state index in [1.165, 1.54) is 12.0 Å². The number of unbranched alkanes of at least 4 members (excludes halogenated alkanes) is 1. The van der Waals surface area contributed by atoms with Crippen LogP contribution in [-0.4, -0.2) is 6.21 Å². The van der Waals surface area contributed by atoms with Gasteiger partial charge in [0.2, 0.25) is 0 Å². The highest BCUT2D eigenvalue weighted by atomic mass is 14.7. The van der Waals surface area contributed by atoms with Gasteiger partial charge in [-0.25, -0.2) is 0 Å². The molecular weight excluding hydrogens is 158 g/mol. The van der Waals surface area contributed by atoms with Crippen LogP contribution >= 0.6 is 0 Å². The summed E-state index contributed by atoms with van der Waals surface area (Å²) < 4.78 is 0. The molecule has 0 heterocycles. The first kappa shape index (κ1) is 12.2. The van der Waals surface area contributed by atoms with Crippen LogP contribution in [0.4, 0.5) is 0 Å². The summed E-state index contributed by atoms with van der Waals surface area (Å²) in [5.74, 6) is 0. The molecule has 1 heteroatoms. The molecule has 0 unspecified atom stereocenters. The second-order valence-electron chi connectivity index (χ2n) is 3.11. The molecule has 0 aromatic heterocycles. The number of allylic oxidation sites excluding steroid dienone is 4. The van der Waals surface area contributed by atoms with Gasteiger partial charge in [0.1, 0.15) is 0 Å². The molecule has 74 valence electrons. The number of nitrogens with zero attached hydrogens (tertiary/aromatic N) is 1. The molecule has 1 nitrogen and oxygen atoms in total. The highest BCUT2D eigenvalue weighted by Crippen LogP contribution is 2.02. The molecule has 0 N–H and O–H groups in total. The molecule has 0 bridgehead atoms. The molecule has 0 radical (unpaired) electrons. The normalized spacial score (nSPS) is 14.2. The van der Waals surface area contributed by atoms with Gasteiger partial charge < -0.3 is 0 Å². The van der Waals surface area contributed by atoms with E-state index in [0.29, 0.717) is 0 Å². The van der Waals surface area contributed by atoms with Crippen molar-refractivity contribution in [3.8, 4) is 0 Å². The van der Waals surface area contributed by atoms with Crippen LogP contribution in [0.2, 0.25) is 0 Å². The predicted molar refractivity (Wildman–Crippen MR) is 61.2 cm³/mol. The summed E-state index contributed by atoms with van der Waals surface area (Å²) in [5.41, 5.74) is 2.42. The van der Waals surface area contributed by atoms with E-state index < -0.39 is 0 Å². The van der Waals surface area contributed by atoms with Crippen molar-refractivity contribution in [2.24, 2.45) is 4.99 Å². The molecule has 0 atom stereocenters. The van der Waals surface area contributed by atoms with Crippen molar-refractivity contribution in [3.63, 3.8) is 0 Å². The number of rotatable bonds is 5. The lowest BCUT2D eigenvalue weighted by Crippen LogP contribution is -1.82. The van der Waals surface area contributed by atoms with E-state index >= 15 is 0 Å². The van der Waals surface area contributed by atoms with Gasteiger partial charge in [0.15, 0.2) is 0 Å². The van der Waals surface area contributed by atoms with Crippen LogP contribution in [0.5, 0.6) is 0 Å². The van der Waals surface area contributed by atoms with Crippen molar-refractivity contribution in [1.82, 2.24) is 0 Å². The summed E-state index contributed by atoms with van der Waals surface area (Å²) in [6.07, 6.45) is 9.62. The molecular formula is C12H21N. The van der Waals surface area contributed by atoms with E-state index in [2.05, 4.69) is 44.8 Å². The Bertz CT molecular complexity index is 209. The lowest BCUT2D eigenvalue weighted by Gasteiger charge is -1.95. The SMILES string of the molecule is C\C=C(/C=N\C(C)=C\CCC)CC. The topological polar surface area (TPSA) is 12.4 Å². The van der Waals surface area contributed by atoms with Gasteiger partial charge in [0.25, 0.3) is 0 Å². The Labute approximate surface area is 82.3 Å². The first-order valence-corrected chi connectivity index (χ1v) is 5.10. The summed E-state index contributed by atoms with van der Waals surface area (Å²) in [6.45, 7) is 8.42. The minimum absolute atomic E-state index is 1.06. The molecule has 0 aliphatic carbocycles. The van der Waals surface area contributed by atoms with Gasteiger partial charge in [-0.05, 0) is 32.3 Å². The Kier molecular flexibility index (Phi) is 7.27. The third-order valence-electron chi connectivity index (χ3n) is 1.94. The van der Waals surface area contributed by atoms with E-state index in [9.17, 15) is 0 Å². The molecule has 0 aromatic rings. The Balaban J connectivity index is 4.10. The quantitative estimate of drug-likeness (QED) is 0.563. The Morgan fingerprint density at radius 1 is 1.31 bits per heavy atom. The minimum Gasteiger partial charge on any atom is -0.262 e. The third kappa shape index (κ3) is 6.32. The maximum Gasteiger partial charge on any atom is 0.0332 e. The fourth-order valence-electron chi connectivity index (χ4n) is 0.961. The van der Waals surface area contributed by atoms with Crippen LogP contribution < -0.4 is 0 Å². The molecule has 0 aliphatic heterocycles. The maximum absolute atomic E-state index is 4.37. The number of hydrogen-bond acceptors (Lipinski definition) is 1. The zero-order valence-electron chi connectivity index (χ0n) is 9.30. The van der Waals surface area contributed by atoms with Crippen LogP contribution in [0.3, 0.4) is 0 Å². The van der Waals surface area contributed by atoms with Gasteiger partial charge in [0, 0.05) is 11.9 Å². The number of hydrogen-bond donors (Lipinski definition) is 0. The minimum atomic E-state index is 1.06. The van der Waals surface area contributed by atoms with Crippen LogP contribution in [0, 0.1) is 0 Å². The van der Waals surface area contributed by atoms with Crippen molar-refractivity contribution in [2.75, 3.05) is 0 Å². The molecule has 0 aliphatic rings. The van der Waals surface area contributed by atoms with Crippen molar-refractivity contribution >= 4 is 6.21 Å². The summed E-state index contributed by atoms with van der Waals surface area (Å²) in [4.78, 5) is 4.37. The molecule has 0 aromatic carbocycles. The van der Waals surface area contributed by atoms with E-state index in [-0.39, 0.29) is 0 Å². The van der Waals surface area contributed by atoms with Gasteiger partial charge in [-0.3, -0.25) is 4.99 Å². The summed E-state index contributed by atoms with van der Waals surface area (Å²) in [7, 11) is 0. The monoisotopic (exact) mass is 179 g/mol. The van der Waals surface area contributed by atoms with E-state index in [0.717, 1.165) is 18.5 Å². The average molecular weight is 179 g/mol. The fraction of sp³-hybridized carbons (Fsp3) is 0.583. The summed E-state index contributed by atoms with van der Waals surface area (Å²) in [6, 6.07) is 0. The standard InChI is InChI=1S/C12H21N/c1-5-8-9-11(4)13-10-12(6-2)7-3/h6,9-10H,5,7-8H2,1-4H3/b11-9+,12-6-,13-10-. The van der Waals surface area contributed by atoms with Gasteiger partial charge >= 0.3 is 0 Å². The van der Waals surface area contributed by atoms with Gasteiger partial charge in [-0.2, -0.15) is 0 Å². The second kappa shape index (κ2) is 7.78. The van der Waals surface area contributed by atoms with Crippen molar-refractivity contribution in [2.45, 2.75) is 47.0 Å². The Morgan fingerprint density at radius 2 is 2.00 bits per heavy atom. The zero-order chi connectivity index (χ0) is 10.1. The average Bonchev–Trinajstić information content (AvgIpc) is 2.16. The van der Waals surface area contributed by atoms with Crippen LogP contribution in [0.15, 0.2) is 28.4 Å². The van der Waals surface area contributed by atoms with E-state index in [1.54, 1.807) is 0 Å². The summed E-state index contributed by atoms with van der Waals surface area (Å²) >= 11 is 0. The third-order valence-corrected chi connectivity index (χ3v) is 1.94. The van der Waals surface area contributed by atoms with E-state index in [1.807, 2.05) is 6.21 Å². The largest absolute Gasteiger partial charge is 0.262 e. The first-order chi connectivity index (χ1) is 6.24. The van der Waals surface area contributed by atoms with Gasteiger partial charge in [-0.1, -0.05) is 32.4 Å². The number of aliphatic imine (C=N–C) groups is 1. The zero-order valence-corrected chi connectivity index (χ0v) is 9.30. The van der Waals surface area contributed by atoms with E-state index in [4.69, 9.17) is 0 Å². The lowest BCUT2D eigenvalue weighted by molar-refractivity contribution is 0.946. The molecule has 0 saturated carbocycles. The summed E-state index contributed by atoms with van der Waals surface area (Å²) in [5, 5.41) is 0. The van der Waals surface area contributed by atoms with Crippen LogP contribution in [0.1, 0.15) is 47.0 Å². The van der Waals surface area contributed by atoms with Crippen molar-refractivity contribution in [3.05, 3.63) is 23.4 Å². The molecule has 0 saturated heterocycles. The molecule has 0 spiro atoms.